The molecular weight excluding hydrogens is 629 g/mol. The van der Waals surface area contributed by atoms with Gasteiger partial charge >= 0.3 is 203 Å². The van der Waals surface area contributed by atoms with Crippen LogP contribution in [0.25, 0.3) is 32.3 Å². The van der Waals surface area contributed by atoms with Gasteiger partial charge in [0.05, 0.1) is 0 Å². The average molecular weight is 667 g/mol. The number of aryl methyl sites for hydroxylation is 1. The van der Waals surface area contributed by atoms with Crippen LogP contribution in [0.1, 0.15) is 5.56 Å². The van der Waals surface area contributed by atoms with Crippen molar-refractivity contribution in [1.29, 1.82) is 0 Å². The van der Waals surface area contributed by atoms with Crippen molar-refractivity contribution >= 4 is 84.1 Å². The van der Waals surface area contributed by atoms with E-state index in [1.165, 1.54) is 59.3 Å². The van der Waals surface area contributed by atoms with Crippen LogP contribution in [0.5, 0.6) is 0 Å². The largest absolute Gasteiger partial charge is 0.0572 e. The zero-order valence-electron chi connectivity index (χ0n) is 27.4. The van der Waals surface area contributed by atoms with Gasteiger partial charge < -0.3 is 0 Å². The molecular formula is C44H38GeN2. The van der Waals surface area contributed by atoms with E-state index in [0.29, 0.717) is 0 Å². The molecule has 0 N–H and O–H groups in total. The molecule has 0 aromatic heterocycles. The zero-order chi connectivity index (χ0) is 32.1. The summed E-state index contributed by atoms with van der Waals surface area (Å²) in [7, 11) is 0. The van der Waals surface area contributed by atoms with Crippen molar-refractivity contribution in [3.63, 3.8) is 0 Å². The van der Waals surface area contributed by atoms with Crippen molar-refractivity contribution in [2.45, 2.75) is 24.2 Å². The van der Waals surface area contributed by atoms with E-state index in [4.69, 9.17) is 0 Å². The molecule has 228 valence electrons. The van der Waals surface area contributed by atoms with E-state index in [0.717, 1.165) is 17.1 Å². The first-order valence-corrected chi connectivity index (χ1v) is 23.8. The van der Waals surface area contributed by atoms with Crippen LogP contribution in [-0.4, -0.2) is 13.3 Å². The fourth-order valence-corrected chi connectivity index (χ4v) is 9.42. The quantitative estimate of drug-likeness (QED) is 0.123. The zero-order valence-corrected chi connectivity index (χ0v) is 29.5. The minimum absolute atomic E-state index is 1.14. The first-order valence-electron chi connectivity index (χ1n) is 16.4. The minimum Gasteiger partial charge on any atom is -0.0572 e. The molecule has 0 atom stereocenters. The topological polar surface area (TPSA) is 6.48 Å². The van der Waals surface area contributed by atoms with Crippen LogP contribution < -0.4 is 14.2 Å². The summed E-state index contributed by atoms with van der Waals surface area (Å²) in [6.07, 6.45) is 0. The second-order valence-electron chi connectivity index (χ2n) is 13.6. The normalized spacial score (nSPS) is 11.8. The molecule has 0 aliphatic heterocycles. The number of nitrogens with zero attached hydrogens (tertiary/aromatic N) is 2. The molecule has 3 heteroatoms. The molecule has 2 nitrogen and oxygen atoms in total. The number of anilines is 6. The summed E-state index contributed by atoms with van der Waals surface area (Å²) in [6, 6.07) is 58.1. The van der Waals surface area contributed by atoms with E-state index in [1.807, 2.05) is 0 Å². The minimum atomic E-state index is -1.96. The summed E-state index contributed by atoms with van der Waals surface area (Å²) in [6.45, 7) is 2.14. The first kappa shape index (κ1) is 29.4. The molecule has 0 unspecified atom stereocenters. The number of para-hydroxylation sites is 2. The van der Waals surface area contributed by atoms with Gasteiger partial charge in [-0.3, -0.25) is 0 Å². The monoisotopic (exact) mass is 668 g/mol. The Kier molecular flexibility index (Phi) is 7.26. The van der Waals surface area contributed by atoms with Gasteiger partial charge in [-0.1, -0.05) is 35.9 Å². The number of benzene rings is 8. The maximum atomic E-state index is 2.46. The van der Waals surface area contributed by atoms with Crippen molar-refractivity contribution in [2.24, 2.45) is 0 Å². The van der Waals surface area contributed by atoms with Gasteiger partial charge in [-0.15, -0.1) is 0 Å². The smallest absolute Gasteiger partial charge is 0.0378 e. The van der Waals surface area contributed by atoms with Crippen LogP contribution in [0.3, 0.4) is 0 Å². The van der Waals surface area contributed by atoms with Gasteiger partial charge in [0, 0.05) is 11.4 Å². The van der Waals surface area contributed by atoms with Crippen molar-refractivity contribution in [3.8, 4) is 0 Å². The third kappa shape index (κ3) is 5.23. The fourth-order valence-electron chi connectivity index (χ4n) is 6.97. The summed E-state index contributed by atoms with van der Waals surface area (Å²) in [5.74, 6) is 7.37. The Morgan fingerprint density at radius 1 is 0.383 bits per heavy atom. The number of hydrogen-bond acceptors (Lipinski definition) is 2. The second kappa shape index (κ2) is 11.6. The van der Waals surface area contributed by atoms with Gasteiger partial charge in [0.25, 0.3) is 0 Å². The van der Waals surface area contributed by atoms with E-state index in [9.17, 15) is 0 Å². The van der Waals surface area contributed by atoms with E-state index < -0.39 is 13.3 Å². The molecule has 0 saturated carbocycles. The Morgan fingerprint density at radius 2 is 0.766 bits per heavy atom. The Labute approximate surface area is 280 Å². The molecule has 0 bridgehead atoms. The van der Waals surface area contributed by atoms with Crippen LogP contribution in [0.2, 0.25) is 17.3 Å². The molecule has 0 saturated heterocycles. The third-order valence-electron chi connectivity index (χ3n) is 9.41. The van der Waals surface area contributed by atoms with E-state index in [-0.39, 0.29) is 0 Å². The maximum Gasteiger partial charge on any atom is -0.0378 e. The van der Waals surface area contributed by atoms with E-state index in [1.54, 1.807) is 0 Å². The molecule has 0 aliphatic carbocycles. The Bertz CT molecular complexity index is 2320. The first-order chi connectivity index (χ1) is 22.9. The SMILES string of the molecule is Cc1ccc(N(c2ccccc2)c2ccc3ccc4c(N(c5ccccc5)c5cc[c]([Ge]([CH3])([CH3])[CH3])cc5)ccc5ccc2c3c54)cc1. The Hall–Kier alpha value is -5.06. The molecule has 0 heterocycles. The van der Waals surface area contributed by atoms with Gasteiger partial charge in [0.1, 0.15) is 0 Å². The molecule has 0 spiro atoms. The second-order valence-corrected chi connectivity index (χ2v) is 24.2. The molecule has 8 aromatic carbocycles. The average Bonchev–Trinajstić information content (AvgIpc) is 3.10. The molecule has 0 fully saturated rings. The van der Waals surface area contributed by atoms with Crippen LogP contribution in [0.15, 0.2) is 158 Å². The Morgan fingerprint density at radius 3 is 1.19 bits per heavy atom. The predicted octanol–water partition coefficient (Wildman–Crippen LogP) is 12.4. The van der Waals surface area contributed by atoms with E-state index >= 15 is 0 Å². The van der Waals surface area contributed by atoms with Crippen molar-refractivity contribution in [3.05, 3.63) is 163 Å². The summed E-state index contributed by atoms with van der Waals surface area (Å²) in [5.41, 5.74) is 8.24. The molecule has 0 amide bonds. The van der Waals surface area contributed by atoms with E-state index in [2.05, 4.69) is 192 Å². The van der Waals surface area contributed by atoms with Gasteiger partial charge in [-0.05, 0) is 31.2 Å². The number of rotatable bonds is 7. The van der Waals surface area contributed by atoms with Crippen LogP contribution >= 0.6 is 0 Å². The van der Waals surface area contributed by atoms with Crippen LogP contribution in [0, 0.1) is 6.92 Å². The summed E-state index contributed by atoms with van der Waals surface area (Å²) < 4.78 is 1.52. The Balaban J connectivity index is 1.38. The fraction of sp³-hybridized carbons (Fsp3) is 0.0909. The number of hydrogen-bond donors (Lipinski definition) is 0. The van der Waals surface area contributed by atoms with Crippen molar-refractivity contribution in [1.82, 2.24) is 0 Å². The van der Waals surface area contributed by atoms with Gasteiger partial charge in [0.15, 0.2) is 0 Å². The maximum absolute atomic E-state index is 2.46. The van der Waals surface area contributed by atoms with Crippen LogP contribution in [-0.2, 0) is 0 Å². The van der Waals surface area contributed by atoms with Crippen molar-refractivity contribution < 1.29 is 0 Å². The van der Waals surface area contributed by atoms with Gasteiger partial charge in [0.2, 0.25) is 0 Å². The molecule has 0 radical (unpaired) electrons. The molecule has 47 heavy (non-hydrogen) atoms. The standard InChI is InChI=1S/C44H38GeN2/c1-31-15-23-37(24-16-31)46(35-11-7-5-8-12-35)41-29-19-32-18-28-40-42(30-20-33-17-27-39(41)43(32)44(33)40)47(36-13-9-6-10-14-36)38-25-21-34(22-26-38)45(2,3)4/h5-30H,1-4H3. The van der Waals surface area contributed by atoms with Crippen molar-refractivity contribution in [2.75, 3.05) is 9.80 Å². The summed E-state index contributed by atoms with van der Waals surface area (Å²) >= 11 is -1.96. The molecule has 0 aliphatic rings. The predicted molar refractivity (Wildman–Crippen MR) is 207 cm³/mol. The van der Waals surface area contributed by atoms with Crippen LogP contribution in [0.4, 0.5) is 34.1 Å². The summed E-state index contributed by atoms with van der Waals surface area (Å²) in [5, 5.41) is 7.61. The molecule has 8 aromatic rings. The summed E-state index contributed by atoms with van der Waals surface area (Å²) in [4.78, 5) is 4.82. The van der Waals surface area contributed by atoms with Gasteiger partial charge in [-0.25, -0.2) is 0 Å². The third-order valence-corrected chi connectivity index (χ3v) is 13.7. The molecule has 8 rings (SSSR count). The van der Waals surface area contributed by atoms with Gasteiger partial charge in [-0.2, -0.15) is 0 Å².